The lowest BCUT2D eigenvalue weighted by atomic mass is 9.93. The molecule has 25 heavy (non-hydrogen) atoms. The highest BCUT2D eigenvalue weighted by Gasteiger charge is 2.27. The van der Waals surface area contributed by atoms with Gasteiger partial charge in [0, 0.05) is 18.5 Å². The molecule has 0 saturated carbocycles. The Morgan fingerprint density at radius 2 is 1.96 bits per heavy atom. The highest BCUT2D eigenvalue weighted by molar-refractivity contribution is 5.90. The van der Waals surface area contributed by atoms with Gasteiger partial charge in [-0.1, -0.05) is 45.0 Å². The number of aryl methyl sites for hydroxylation is 1. The van der Waals surface area contributed by atoms with Crippen molar-refractivity contribution in [1.82, 2.24) is 15.1 Å². The lowest BCUT2D eigenvalue weighted by Crippen LogP contribution is -2.35. The van der Waals surface area contributed by atoms with Gasteiger partial charge in [0.1, 0.15) is 0 Å². The van der Waals surface area contributed by atoms with E-state index >= 15 is 0 Å². The zero-order valence-corrected chi connectivity index (χ0v) is 15.6. The molecule has 0 bridgehead atoms. The first kappa shape index (κ1) is 17.4. The highest BCUT2D eigenvalue weighted by atomic mass is 16.4. The van der Waals surface area contributed by atoms with E-state index < -0.39 is 0 Å². The summed E-state index contributed by atoms with van der Waals surface area (Å²) in [7, 11) is 0. The molecule has 0 radical (unpaired) electrons. The highest BCUT2D eigenvalue weighted by Crippen LogP contribution is 2.27. The average molecular weight is 339 g/mol. The minimum Gasteiger partial charge on any atom is -0.416 e. The lowest BCUT2D eigenvalue weighted by Gasteiger charge is -2.26. The van der Waals surface area contributed by atoms with Crippen LogP contribution in [-0.4, -0.2) is 34.1 Å². The lowest BCUT2D eigenvalue weighted by molar-refractivity contribution is 0.0729. The van der Waals surface area contributed by atoms with Crippen LogP contribution in [0.5, 0.6) is 0 Å². The Bertz CT molecular complexity index is 828. The molecular formula is C20H25N3O2. The average Bonchev–Trinajstić information content (AvgIpc) is 3.07. The summed E-state index contributed by atoms with van der Waals surface area (Å²) in [5.41, 5.74) is 4.91. The van der Waals surface area contributed by atoms with Gasteiger partial charge in [0.25, 0.3) is 0 Å². The van der Waals surface area contributed by atoms with Crippen LogP contribution >= 0.6 is 0 Å². The molecule has 0 fully saturated rings. The maximum Gasteiger partial charge on any atom is 0.311 e. The van der Waals surface area contributed by atoms with Crippen molar-refractivity contribution in [2.45, 2.75) is 46.5 Å². The summed E-state index contributed by atoms with van der Waals surface area (Å²) < 4.78 is 5.58. The summed E-state index contributed by atoms with van der Waals surface area (Å²) in [5, 5.41) is 7.94. The normalized spacial score (nSPS) is 15.2. The van der Waals surface area contributed by atoms with Crippen LogP contribution in [0.3, 0.4) is 0 Å². The largest absolute Gasteiger partial charge is 0.416 e. The molecule has 1 amide bonds. The number of hydrogen-bond donors (Lipinski definition) is 0. The monoisotopic (exact) mass is 339 g/mol. The Kier molecular flexibility index (Phi) is 4.50. The third kappa shape index (κ3) is 3.50. The van der Waals surface area contributed by atoms with Crippen molar-refractivity contribution in [3.05, 3.63) is 52.7 Å². The fourth-order valence-corrected chi connectivity index (χ4v) is 2.95. The minimum absolute atomic E-state index is 0.0773. The van der Waals surface area contributed by atoms with Gasteiger partial charge < -0.3 is 9.32 Å². The molecule has 5 heteroatoms. The van der Waals surface area contributed by atoms with Crippen molar-refractivity contribution in [3.63, 3.8) is 0 Å². The second-order valence-electron chi connectivity index (χ2n) is 7.64. The SMILES string of the molecule is Cc1cccc(C2=CCN(C(=O)c3nnc(C(C)(C)C)o3)CC2)c1C. The minimum atomic E-state index is -0.261. The first-order valence-electron chi connectivity index (χ1n) is 8.66. The van der Waals surface area contributed by atoms with Crippen molar-refractivity contribution in [3.8, 4) is 0 Å². The number of aromatic nitrogens is 2. The number of carbonyl (C=O) groups excluding carboxylic acids is 1. The summed E-state index contributed by atoms with van der Waals surface area (Å²) in [6.45, 7) is 11.4. The summed E-state index contributed by atoms with van der Waals surface area (Å²) in [5.74, 6) is 0.368. The molecule has 2 aromatic rings. The summed E-state index contributed by atoms with van der Waals surface area (Å²) in [6, 6.07) is 6.36. The van der Waals surface area contributed by atoms with Gasteiger partial charge in [-0.2, -0.15) is 0 Å². The van der Waals surface area contributed by atoms with Crippen LogP contribution in [0.2, 0.25) is 0 Å². The van der Waals surface area contributed by atoms with E-state index in [9.17, 15) is 4.79 Å². The van der Waals surface area contributed by atoms with Crippen LogP contribution in [0.15, 0.2) is 28.7 Å². The zero-order valence-electron chi connectivity index (χ0n) is 15.6. The van der Waals surface area contributed by atoms with Crippen molar-refractivity contribution < 1.29 is 9.21 Å². The van der Waals surface area contributed by atoms with Gasteiger partial charge in [-0.15, -0.1) is 10.2 Å². The molecule has 0 spiro atoms. The Morgan fingerprint density at radius 1 is 1.20 bits per heavy atom. The van der Waals surface area contributed by atoms with Crippen molar-refractivity contribution in [2.24, 2.45) is 0 Å². The molecule has 3 rings (SSSR count). The number of hydrogen-bond acceptors (Lipinski definition) is 4. The quantitative estimate of drug-likeness (QED) is 0.832. The van der Waals surface area contributed by atoms with Crippen molar-refractivity contribution in [2.75, 3.05) is 13.1 Å². The molecule has 1 aromatic heterocycles. The van der Waals surface area contributed by atoms with Crippen LogP contribution in [0.1, 0.15) is 60.5 Å². The maximum atomic E-state index is 12.6. The number of rotatable bonds is 2. The number of amides is 1. The molecule has 0 unspecified atom stereocenters. The molecule has 0 N–H and O–H groups in total. The summed E-state index contributed by atoms with van der Waals surface area (Å²) in [4.78, 5) is 14.4. The molecule has 2 heterocycles. The molecule has 1 aromatic carbocycles. The van der Waals surface area contributed by atoms with Gasteiger partial charge in [-0.3, -0.25) is 4.79 Å². The Labute approximate surface area is 148 Å². The van der Waals surface area contributed by atoms with E-state index in [2.05, 4.69) is 48.3 Å². The molecule has 1 aliphatic heterocycles. The topological polar surface area (TPSA) is 59.2 Å². The van der Waals surface area contributed by atoms with Gasteiger partial charge >= 0.3 is 11.8 Å². The molecule has 0 saturated heterocycles. The smallest absolute Gasteiger partial charge is 0.311 e. The van der Waals surface area contributed by atoms with E-state index in [4.69, 9.17) is 4.42 Å². The predicted octanol–water partition coefficient (Wildman–Crippen LogP) is 3.91. The third-order valence-corrected chi connectivity index (χ3v) is 4.70. The zero-order chi connectivity index (χ0) is 18.2. The van der Waals surface area contributed by atoms with Gasteiger partial charge in [-0.05, 0) is 42.5 Å². The second kappa shape index (κ2) is 6.47. The summed E-state index contributed by atoms with van der Waals surface area (Å²) in [6.07, 6.45) is 2.96. The van der Waals surface area contributed by atoms with E-state index in [1.165, 1.54) is 22.3 Å². The maximum absolute atomic E-state index is 12.6. The molecule has 0 aliphatic carbocycles. The van der Waals surface area contributed by atoms with Crippen LogP contribution in [0, 0.1) is 13.8 Å². The van der Waals surface area contributed by atoms with Crippen LogP contribution in [-0.2, 0) is 5.41 Å². The molecule has 0 atom stereocenters. The first-order valence-corrected chi connectivity index (χ1v) is 8.66. The van der Waals surface area contributed by atoms with Crippen molar-refractivity contribution >= 4 is 11.5 Å². The van der Waals surface area contributed by atoms with Crippen LogP contribution in [0.25, 0.3) is 5.57 Å². The molecular weight excluding hydrogens is 314 g/mol. The molecule has 5 nitrogen and oxygen atoms in total. The van der Waals surface area contributed by atoms with Crippen LogP contribution in [0.4, 0.5) is 0 Å². The number of benzene rings is 1. The predicted molar refractivity (Wildman–Crippen MR) is 97.4 cm³/mol. The Hall–Kier alpha value is -2.43. The summed E-state index contributed by atoms with van der Waals surface area (Å²) >= 11 is 0. The number of nitrogens with zero attached hydrogens (tertiary/aromatic N) is 3. The van der Waals surface area contributed by atoms with E-state index in [-0.39, 0.29) is 17.2 Å². The number of carbonyl (C=O) groups is 1. The van der Waals surface area contributed by atoms with E-state index in [1.807, 2.05) is 20.8 Å². The van der Waals surface area contributed by atoms with Crippen molar-refractivity contribution in [1.29, 1.82) is 0 Å². The standard InChI is InChI=1S/C20H25N3O2/c1-13-7-6-8-16(14(13)2)15-9-11-23(12-10-15)18(24)17-21-22-19(25-17)20(3,4)5/h6-9H,10-12H2,1-5H3. The van der Waals surface area contributed by atoms with Crippen LogP contribution < -0.4 is 0 Å². The van der Waals surface area contributed by atoms with E-state index in [0.29, 0.717) is 19.0 Å². The Balaban J connectivity index is 1.75. The van der Waals surface area contributed by atoms with Gasteiger partial charge in [0.15, 0.2) is 0 Å². The van der Waals surface area contributed by atoms with E-state index in [1.54, 1.807) is 4.90 Å². The fourth-order valence-electron chi connectivity index (χ4n) is 2.95. The Morgan fingerprint density at radius 3 is 2.56 bits per heavy atom. The molecule has 132 valence electrons. The van der Waals surface area contributed by atoms with Gasteiger partial charge in [0.2, 0.25) is 5.89 Å². The fraction of sp³-hybridized carbons (Fsp3) is 0.450. The third-order valence-electron chi connectivity index (χ3n) is 4.70. The van der Waals surface area contributed by atoms with E-state index in [0.717, 1.165) is 6.42 Å². The second-order valence-corrected chi connectivity index (χ2v) is 7.64. The molecule has 1 aliphatic rings. The van der Waals surface area contributed by atoms with Gasteiger partial charge in [0.05, 0.1) is 0 Å². The first-order chi connectivity index (χ1) is 11.8. The van der Waals surface area contributed by atoms with Gasteiger partial charge in [-0.25, -0.2) is 0 Å².